The van der Waals surface area contributed by atoms with Gasteiger partial charge in [-0.3, -0.25) is 0 Å². The Bertz CT molecular complexity index is 354. The smallest absolute Gasteiger partial charge is 0.0702 e. The zero-order chi connectivity index (χ0) is 12.1. The van der Waals surface area contributed by atoms with E-state index in [9.17, 15) is 10.2 Å². The lowest BCUT2D eigenvalue weighted by Crippen LogP contribution is -2.38. The quantitative estimate of drug-likeness (QED) is 0.841. The van der Waals surface area contributed by atoms with Gasteiger partial charge in [-0.2, -0.15) is 0 Å². The molecule has 1 atom stereocenters. The number of anilines is 1. The summed E-state index contributed by atoms with van der Waals surface area (Å²) in [7, 11) is 0. The van der Waals surface area contributed by atoms with E-state index in [0.29, 0.717) is 0 Å². The van der Waals surface area contributed by atoms with Crippen LogP contribution in [-0.4, -0.2) is 29.4 Å². The molecule has 3 heteroatoms. The lowest BCUT2D eigenvalue weighted by Gasteiger charge is -2.32. The van der Waals surface area contributed by atoms with Gasteiger partial charge in [0.1, 0.15) is 0 Å². The molecule has 1 unspecified atom stereocenters. The van der Waals surface area contributed by atoms with Crippen LogP contribution >= 0.6 is 0 Å². The van der Waals surface area contributed by atoms with E-state index >= 15 is 0 Å². The maximum Gasteiger partial charge on any atom is 0.0702 e. The number of hydrogen-bond acceptors (Lipinski definition) is 3. The molecule has 1 aromatic carbocycles. The van der Waals surface area contributed by atoms with Gasteiger partial charge in [0.2, 0.25) is 0 Å². The van der Waals surface area contributed by atoms with Crippen molar-refractivity contribution in [3.8, 4) is 0 Å². The second kappa shape index (κ2) is 6.03. The SMILES string of the molecule is OCc1ccccc1N1CCCCCC1CO. The lowest BCUT2D eigenvalue weighted by molar-refractivity contribution is 0.253. The summed E-state index contributed by atoms with van der Waals surface area (Å²) in [6, 6.07) is 8.13. The summed E-state index contributed by atoms with van der Waals surface area (Å²) in [4.78, 5) is 2.26. The maximum absolute atomic E-state index is 9.51. The minimum absolute atomic E-state index is 0.0603. The van der Waals surface area contributed by atoms with Crippen LogP contribution in [0.15, 0.2) is 24.3 Å². The molecule has 0 amide bonds. The van der Waals surface area contributed by atoms with Gasteiger partial charge in [-0.15, -0.1) is 0 Å². The molecule has 1 aliphatic heterocycles. The fourth-order valence-corrected chi connectivity index (χ4v) is 2.61. The topological polar surface area (TPSA) is 43.7 Å². The first-order chi connectivity index (χ1) is 8.36. The molecule has 2 rings (SSSR count). The first-order valence-electron chi connectivity index (χ1n) is 6.43. The standard InChI is InChI=1S/C14H21NO2/c16-10-12-6-3-4-8-14(12)15-9-5-1-2-7-13(15)11-17/h3-4,6,8,13,16-17H,1-2,5,7,9-11H2. The molecule has 1 saturated heterocycles. The van der Waals surface area contributed by atoms with Gasteiger partial charge < -0.3 is 15.1 Å². The highest BCUT2D eigenvalue weighted by molar-refractivity contribution is 5.54. The van der Waals surface area contributed by atoms with Crippen LogP contribution < -0.4 is 4.90 Å². The number of benzene rings is 1. The first kappa shape index (κ1) is 12.4. The fourth-order valence-electron chi connectivity index (χ4n) is 2.61. The molecule has 17 heavy (non-hydrogen) atoms. The zero-order valence-corrected chi connectivity index (χ0v) is 10.2. The molecule has 0 spiro atoms. The van der Waals surface area contributed by atoms with Crippen molar-refractivity contribution >= 4 is 5.69 Å². The van der Waals surface area contributed by atoms with E-state index in [1.165, 1.54) is 12.8 Å². The van der Waals surface area contributed by atoms with Crippen molar-refractivity contribution in [3.63, 3.8) is 0 Å². The second-order valence-corrected chi connectivity index (χ2v) is 4.67. The summed E-state index contributed by atoms with van der Waals surface area (Å²) in [5.74, 6) is 0. The molecule has 3 nitrogen and oxygen atoms in total. The summed E-state index contributed by atoms with van der Waals surface area (Å²) in [6.07, 6.45) is 4.61. The van der Waals surface area contributed by atoms with Crippen molar-refractivity contribution in [2.24, 2.45) is 0 Å². The van der Waals surface area contributed by atoms with Gasteiger partial charge in [-0.05, 0) is 18.9 Å². The van der Waals surface area contributed by atoms with Crippen molar-refractivity contribution in [2.75, 3.05) is 18.1 Å². The number of aliphatic hydroxyl groups excluding tert-OH is 2. The highest BCUT2D eigenvalue weighted by Gasteiger charge is 2.21. The Morgan fingerprint density at radius 1 is 1.12 bits per heavy atom. The Morgan fingerprint density at radius 2 is 1.94 bits per heavy atom. The molecule has 0 aromatic heterocycles. The fraction of sp³-hybridized carbons (Fsp3) is 0.571. The predicted molar refractivity (Wildman–Crippen MR) is 69.1 cm³/mol. The molecule has 94 valence electrons. The largest absolute Gasteiger partial charge is 0.394 e. The zero-order valence-electron chi connectivity index (χ0n) is 10.2. The molecular weight excluding hydrogens is 214 g/mol. The van der Waals surface area contributed by atoms with Crippen LogP contribution in [0.3, 0.4) is 0 Å². The predicted octanol–water partition coefficient (Wildman–Crippen LogP) is 1.92. The van der Waals surface area contributed by atoms with Gasteiger partial charge in [-0.1, -0.05) is 31.0 Å². The van der Waals surface area contributed by atoms with Crippen LogP contribution in [0.4, 0.5) is 5.69 Å². The third-order valence-corrected chi connectivity index (χ3v) is 3.56. The van der Waals surface area contributed by atoms with Gasteiger partial charge in [-0.25, -0.2) is 0 Å². The van der Waals surface area contributed by atoms with Gasteiger partial charge in [0.25, 0.3) is 0 Å². The minimum Gasteiger partial charge on any atom is -0.394 e. The summed E-state index contributed by atoms with van der Waals surface area (Å²) in [5, 5.41) is 18.9. The molecule has 0 aliphatic carbocycles. The van der Waals surface area contributed by atoms with Crippen molar-refractivity contribution in [1.82, 2.24) is 0 Å². The van der Waals surface area contributed by atoms with Crippen LogP contribution in [0, 0.1) is 0 Å². The molecule has 1 aliphatic rings. The molecule has 0 saturated carbocycles. The first-order valence-corrected chi connectivity index (χ1v) is 6.43. The minimum atomic E-state index is 0.0603. The Labute approximate surface area is 103 Å². The van der Waals surface area contributed by atoms with E-state index in [0.717, 1.165) is 30.6 Å². The molecule has 1 aromatic rings. The summed E-state index contributed by atoms with van der Waals surface area (Å²) < 4.78 is 0. The van der Waals surface area contributed by atoms with E-state index in [4.69, 9.17) is 0 Å². The lowest BCUT2D eigenvalue weighted by atomic mass is 10.1. The van der Waals surface area contributed by atoms with Crippen LogP contribution in [0.5, 0.6) is 0 Å². The van der Waals surface area contributed by atoms with E-state index in [-0.39, 0.29) is 19.3 Å². The number of para-hydroxylation sites is 1. The van der Waals surface area contributed by atoms with Crippen molar-refractivity contribution in [3.05, 3.63) is 29.8 Å². The van der Waals surface area contributed by atoms with Crippen LogP contribution in [0.2, 0.25) is 0 Å². The maximum atomic E-state index is 9.51. The third-order valence-electron chi connectivity index (χ3n) is 3.56. The molecule has 1 heterocycles. The summed E-state index contributed by atoms with van der Waals surface area (Å²) in [5.41, 5.74) is 2.03. The monoisotopic (exact) mass is 235 g/mol. The molecule has 2 N–H and O–H groups in total. The van der Waals surface area contributed by atoms with Gasteiger partial charge in [0.15, 0.2) is 0 Å². The van der Waals surface area contributed by atoms with E-state index in [1.54, 1.807) is 0 Å². The Hall–Kier alpha value is -1.06. The highest BCUT2D eigenvalue weighted by atomic mass is 16.3. The van der Waals surface area contributed by atoms with Crippen LogP contribution in [-0.2, 0) is 6.61 Å². The van der Waals surface area contributed by atoms with Crippen molar-refractivity contribution in [1.29, 1.82) is 0 Å². The average Bonchev–Trinajstić information content (AvgIpc) is 2.63. The van der Waals surface area contributed by atoms with E-state index < -0.39 is 0 Å². The van der Waals surface area contributed by atoms with E-state index in [2.05, 4.69) is 4.90 Å². The van der Waals surface area contributed by atoms with Crippen LogP contribution in [0.1, 0.15) is 31.2 Å². The van der Waals surface area contributed by atoms with Gasteiger partial charge in [0, 0.05) is 17.8 Å². The Morgan fingerprint density at radius 3 is 2.71 bits per heavy atom. The third kappa shape index (κ3) is 2.79. The van der Waals surface area contributed by atoms with Crippen molar-refractivity contribution < 1.29 is 10.2 Å². The van der Waals surface area contributed by atoms with Crippen molar-refractivity contribution in [2.45, 2.75) is 38.3 Å². The second-order valence-electron chi connectivity index (χ2n) is 4.67. The van der Waals surface area contributed by atoms with Gasteiger partial charge in [0.05, 0.1) is 19.3 Å². The van der Waals surface area contributed by atoms with Gasteiger partial charge >= 0.3 is 0 Å². The number of rotatable bonds is 3. The summed E-state index contributed by atoms with van der Waals surface area (Å²) in [6.45, 7) is 1.23. The number of aliphatic hydroxyl groups is 2. The number of hydrogen-bond donors (Lipinski definition) is 2. The molecular formula is C14H21NO2. The highest BCUT2D eigenvalue weighted by Crippen LogP contribution is 2.27. The summed E-state index contributed by atoms with van der Waals surface area (Å²) >= 11 is 0. The Balaban J connectivity index is 2.28. The number of nitrogens with zero attached hydrogens (tertiary/aromatic N) is 1. The molecule has 0 bridgehead atoms. The molecule has 0 radical (unpaired) electrons. The molecule has 1 fully saturated rings. The van der Waals surface area contributed by atoms with E-state index in [1.807, 2.05) is 24.3 Å². The van der Waals surface area contributed by atoms with Crippen LogP contribution in [0.25, 0.3) is 0 Å². The normalized spacial score (nSPS) is 21.3. The Kier molecular flexibility index (Phi) is 4.40. The average molecular weight is 235 g/mol.